The second kappa shape index (κ2) is 6.97. The van der Waals surface area contributed by atoms with Crippen LogP contribution in [0, 0.1) is 6.92 Å². The Morgan fingerprint density at radius 3 is 2.85 bits per heavy atom. The van der Waals surface area contributed by atoms with E-state index in [1.54, 1.807) is 11.8 Å². The summed E-state index contributed by atoms with van der Waals surface area (Å²) >= 11 is 7.70. The van der Waals surface area contributed by atoms with Gasteiger partial charge in [-0.2, -0.15) is 0 Å². The largest absolute Gasteiger partial charge is 0.481 e. The molecule has 1 unspecified atom stereocenters. The second-order valence-electron chi connectivity index (χ2n) is 6.69. The maximum absolute atomic E-state index is 11.4. The molecule has 2 aromatic heterocycles. The first-order valence-corrected chi connectivity index (χ1v) is 9.87. The first-order chi connectivity index (χ1) is 12.5. The molecule has 134 valence electrons. The van der Waals surface area contributed by atoms with E-state index in [1.807, 2.05) is 36.5 Å². The number of carboxylic acids is 1. The number of aliphatic carboxylic acids is 1. The Bertz CT molecular complexity index is 982. The van der Waals surface area contributed by atoms with E-state index < -0.39 is 5.97 Å². The van der Waals surface area contributed by atoms with Crippen LogP contribution in [-0.2, 0) is 11.3 Å². The van der Waals surface area contributed by atoms with Crippen molar-refractivity contribution in [3.05, 3.63) is 52.8 Å². The molecule has 1 N–H and O–H groups in total. The van der Waals surface area contributed by atoms with Crippen molar-refractivity contribution in [2.45, 2.75) is 48.4 Å². The van der Waals surface area contributed by atoms with Gasteiger partial charge in [-0.25, -0.2) is 4.98 Å². The van der Waals surface area contributed by atoms with Gasteiger partial charge in [-0.05, 0) is 55.7 Å². The van der Waals surface area contributed by atoms with E-state index in [0.29, 0.717) is 5.02 Å². The first kappa shape index (κ1) is 17.4. The fourth-order valence-electron chi connectivity index (χ4n) is 3.79. The zero-order chi connectivity index (χ0) is 18.3. The zero-order valence-electron chi connectivity index (χ0n) is 14.4. The van der Waals surface area contributed by atoms with E-state index in [0.717, 1.165) is 45.9 Å². The average molecular weight is 387 g/mol. The monoisotopic (exact) mass is 386 g/mol. The molecule has 0 amide bonds. The van der Waals surface area contributed by atoms with Crippen LogP contribution in [0.5, 0.6) is 0 Å². The van der Waals surface area contributed by atoms with E-state index in [4.69, 9.17) is 11.6 Å². The number of pyridine rings is 1. The zero-order valence-corrected chi connectivity index (χ0v) is 16.0. The Morgan fingerprint density at radius 2 is 2.12 bits per heavy atom. The van der Waals surface area contributed by atoms with E-state index in [-0.39, 0.29) is 12.3 Å². The molecular weight excluding hydrogens is 368 g/mol. The van der Waals surface area contributed by atoms with Crippen molar-refractivity contribution in [1.82, 2.24) is 9.55 Å². The molecule has 3 aromatic rings. The molecule has 4 rings (SSSR count). The molecule has 3 heterocycles. The SMILES string of the molecule is Cc1ccnc2c1c(Sc1ccc(Cl)cc1)c1n2CCCC1CC(=O)O. The Morgan fingerprint density at radius 1 is 1.35 bits per heavy atom. The van der Waals surface area contributed by atoms with Gasteiger partial charge in [0.15, 0.2) is 0 Å². The number of carbonyl (C=O) groups is 1. The van der Waals surface area contributed by atoms with E-state index in [2.05, 4.69) is 16.5 Å². The maximum Gasteiger partial charge on any atom is 0.304 e. The molecule has 0 bridgehead atoms. The van der Waals surface area contributed by atoms with Crippen molar-refractivity contribution in [3.63, 3.8) is 0 Å². The number of halogens is 1. The Kier molecular flexibility index (Phi) is 4.67. The first-order valence-electron chi connectivity index (χ1n) is 8.67. The highest BCUT2D eigenvalue weighted by molar-refractivity contribution is 7.99. The number of fused-ring (bicyclic) bond motifs is 3. The summed E-state index contributed by atoms with van der Waals surface area (Å²) in [6.45, 7) is 2.98. The number of carboxylic acid groups (broad SMARTS) is 1. The number of rotatable bonds is 4. The molecule has 1 atom stereocenters. The molecule has 1 aliphatic rings. The fraction of sp³-hybridized carbons (Fsp3) is 0.300. The summed E-state index contributed by atoms with van der Waals surface area (Å²) in [5, 5.41) is 11.2. The minimum atomic E-state index is -0.749. The molecule has 0 saturated heterocycles. The predicted molar refractivity (Wildman–Crippen MR) is 104 cm³/mol. The molecular formula is C20H19ClN2O2S. The van der Waals surface area contributed by atoms with Crippen molar-refractivity contribution in [2.24, 2.45) is 0 Å². The van der Waals surface area contributed by atoms with Crippen molar-refractivity contribution in [2.75, 3.05) is 0 Å². The van der Waals surface area contributed by atoms with Gasteiger partial charge < -0.3 is 9.67 Å². The number of nitrogens with zero attached hydrogens (tertiary/aromatic N) is 2. The highest BCUT2D eigenvalue weighted by Gasteiger charge is 2.30. The lowest BCUT2D eigenvalue weighted by Crippen LogP contribution is -2.18. The Balaban J connectivity index is 1.91. The molecule has 6 heteroatoms. The third kappa shape index (κ3) is 3.10. The van der Waals surface area contributed by atoms with Crippen molar-refractivity contribution < 1.29 is 9.90 Å². The molecule has 1 aromatic carbocycles. The van der Waals surface area contributed by atoms with Gasteiger partial charge >= 0.3 is 5.97 Å². The maximum atomic E-state index is 11.4. The summed E-state index contributed by atoms with van der Waals surface area (Å²) in [7, 11) is 0. The van der Waals surface area contributed by atoms with Crippen LogP contribution in [0.2, 0.25) is 5.02 Å². The van der Waals surface area contributed by atoms with Crippen LogP contribution in [0.1, 0.15) is 36.4 Å². The number of aromatic nitrogens is 2. The average Bonchev–Trinajstić information content (AvgIpc) is 2.93. The van der Waals surface area contributed by atoms with Crippen LogP contribution in [0.4, 0.5) is 0 Å². The molecule has 0 fully saturated rings. The van der Waals surface area contributed by atoms with Crippen molar-refractivity contribution in [1.29, 1.82) is 0 Å². The lowest BCUT2D eigenvalue weighted by molar-refractivity contribution is -0.137. The lowest BCUT2D eigenvalue weighted by Gasteiger charge is -2.25. The molecule has 0 saturated carbocycles. The third-order valence-electron chi connectivity index (χ3n) is 4.92. The summed E-state index contributed by atoms with van der Waals surface area (Å²) in [5.74, 6) is -0.731. The lowest BCUT2D eigenvalue weighted by atomic mass is 9.92. The summed E-state index contributed by atoms with van der Waals surface area (Å²) in [6, 6.07) is 9.79. The van der Waals surface area contributed by atoms with Gasteiger partial charge in [0.1, 0.15) is 5.65 Å². The number of hydrogen-bond acceptors (Lipinski definition) is 3. The smallest absolute Gasteiger partial charge is 0.304 e. The fourth-order valence-corrected chi connectivity index (χ4v) is 5.16. The molecule has 1 aliphatic heterocycles. The molecule has 0 radical (unpaired) electrons. The minimum Gasteiger partial charge on any atom is -0.481 e. The van der Waals surface area contributed by atoms with Crippen LogP contribution in [-0.4, -0.2) is 20.6 Å². The molecule has 4 nitrogen and oxygen atoms in total. The normalized spacial score (nSPS) is 16.6. The Labute approximate surface area is 161 Å². The van der Waals surface area contributed by atoms with E-state index >= 15 is 0 Å². The van der Waals surface area contributed by atoms with Crippen molar-refractivity contribution in [3.8, 4) is 0 Å². The topological polar surface area (TPSA) is 55.1 Å². The van der Waals surface area contributed by atoms with Crippen molar-refractivity contribution >= 4 is 40.4 Å². The summed E-state index contributed by atoms with van der Waals surface area (Å²) in [4.78, 5) is 18.3. The van der Waals surface area contributed by atoms with Gasteiger partial charge in [-0.3, -0.25) is 4.79 Å². The van der Waals surface area contributed by atoms with Crippen LogP contribution >= 0.6 is 23.4 Å². The number of aryl methyl sites for hydroxylation is 2. The van der Waals surface area contributed by atoms with Crippen LogP contribution in [0.25, 0.3) is 11.0 Å². The Hall–Kier alpha value is -1.98. The number of benzene rings is 1. The van der Waals surface area contributed by atoms with Gasteiger partial charge in [0.05, 0.1) is 6.42 Å². The highest BCUT2D eigenvalue weighted by atomic mass is 35.5. The van der Waals surface area contributed by atoms with Gasteiger partial charge in [0.2, 0.25) is 0 Å². The van der Waals surface area contributed by atoms with Gasteiger partial charge in [0.25, 0.3) is 0 Å². The third-order valence-corrected chi connectivity index (χ3v) is 6.30. The summed E-state index contributed by atoms with van der Waals surface area (Å²) < 4.78 is 2.23. The molecule has 0 spiro atoms. The molecule has 26 heavy (non-hydrogen) atoms. The second-order valence-corrected chi connectivity index (χ2v) is 8.21. The van der Waals surface area contributed by atoms with Crippen LogP contribution < -0.4 is 0 Å². The minimum absolute atomic E-state index is 0.0182. The van der Waals surface area contributed by atoms with Gasteiger partial charge in [-0.1, -0.05) is 23.4 Å². The predicted octanol–water partition coefficient (Wildman–Crippen LogP) is 5.50. The summed E-state index contributed by atoms with van der Waals surface area (Å²) in [5.41, 5.74) is 3.25. The van der Waals surface area contributed by atoms with E-state index in [9.17, 15) is 9.90 Å². The van der Waals surface area contributed by atoms with Crippen LogP contribution in [0.3, 0.4) is 0 Å². The van der Waals surface area contributed by atoms with Gasteiger partial charge in [-0.15, -0.1) is 0 Å². The van der Waals surface area contributed by atoms with Crippen LogP contribution in [0.15, 0.2) is 46.3 Å². The quantitative estimate of drug-likeness (QED) is 0.643. The molecule has 0 aliphatic carbocycles. The standard InChI is InChI=1S/C20H19ClN2O2S/c1-12-8-9-22-20-17(12)19(26-15-6-4-14(21)5-7-15)18-13(11-16(24)25)3-2-10-23(18)20/h4-9,13H,2-3,10-11H2,1H3,(H,24,25). The van der Waals surface area contributed by atoms with Gasteiger partial charge in [0, 0.05) is 44.6 Å². The summed E-state index contributed by atoms with van der Waals surface area (Å²) in [6.07, 6.45) is 3.87. The highest BCUT2D eigenvalue weighted by Crippen LogP contribution is 2.46. The van der Waals surface area contributed by atoms with E-state index in [1.165, 1.54) is 5.56 Å². The number of hydrogen-bond donors (Lipinski definition) is 1.